The molecule has 0 rings (SSSR count). The van der Waals surface area contributed by atoms with Gasteiger partial charge in [-0.15, -0.1) is 0 Å². The van der Waals surface area contributed by atoms with Crippen molar-refractivity contribution in [1.29, 1.82) is 0 Å². The summed E-state index contributed by atoms with van der Waals surface area (Å²) in [5.41, 5.74) is 0. The van der Waals surface area contributed by atoms with E-state index < -0.39 is 0 Å². The van der Waals surface area contributed by atoms with Gasteiger partial charge in [-0.05, 0) is 20.5 Å². The number of hydrogen-bond acceptors (Lipinski definition) is 4. The fourth-order valence-corrected chi connectivity index (χ4v) is 0.597. The zero-order chi connectivity index (χ0) is 7.98. The third kappa shape index (κ3) is 12.6. The van der Waals surface area contributed by atoms with E-state index in [1.54, 1.807) is 0 Å². The molecule has 0 radical (unpaired) electrons. The monoisotopic (exact) mass is 162 g/mol. The van der Waals surface area contributed by atoms with Gasteiger partial charge in [0.1, 0.15) is 0 Å². The third-order valence-corrected chi connectivity index (χ3v) is 1.05. The molecule has 0 spiro atoms. The van der Waals surface area contributed by atoms with E-state index in [0.29, 0.717) is 6.61 Å². The Bertz CT molecular complexity index is 105. The quantitative estimate of drug-likeness (QED) is 0.487. The topological polar surface area (TPSA) is 64.5 Å². The lowest BCUT2D eigenvalue weighted by Crippen LogP contribution is -2.15. The van der Waals surface area contributed by atoms with Gasteiger partial charge in [0.2, 0.25) is 0 Å². The molecule has 0 aromatic carbocycles. The van der Waals surface area contributed by atoms with Crippen molar-refractivity contribution < 1.29 is 9.53 Å². The largest absolute Gasteiger partial charge is 0.466 e. The van der Waals surface area contributed by atoms with Gasteiger partial charge in [-0.3, -0.25) is 4.79 Å². The summed E-state index contributed by atoms with van der Waals surface area (Å²) in [6, 6.07) is 0. The standard InChI is InChI=1S/C7H15NO2.H3N/c1-7(9)10-6-4-5-8(2)3;/h4-6H2,1-3H3;1H3. The van der Waals surface area contributed by atoms with Crippen LogP contribution in [0.25, 0.3) is 0 Å². The van der Waals surface area contributed by atoms with Gasteiger partial charge in [0.25, 0.3) is 0 Å². The molecule has 0 aliphatic carbocycles. The molecule has 0 fully saturated rings. The molecule has 11 heavy (non-hydrogen) atoms. The van der Waals surface area contributed by atoms with E-state index in [2.05, 4.69) is 4.90 Å². The van der Waals surface area contributed by atoms with Crippen molar-refractivity contribution in [2.75, 3.05) is 27.2 Å². The molecule has 0 aromatic heterocycles. The molecule has 0 bridgehead atoms. The van der Waals surface area contributed by atoms with Crippen molar-refractivity contribution in [2.24, 2.45) is 0 Å². The van der Waals surface area contributed by atoms with Crippen molar-refractivity contribution in [3.05, 3.63) is 0 Å². The number of rotatable bonds is 4. The van der Waals surface area contributed by atoms with Crippen molar-refractivity contribution in [3.8, 4) is 0 Å². The summed E-state index contributed by atoms with van der Waals surface area (Å²) in [7, 11) is 3.99. The summed E-state index contributed by atoms with van der Waals surface area (Å²) in [5, 5.41) is 0. The van der Waals surface area contributed by atoms with Crippen LogP contribution in [0.5, 0.6) is 0 Å². The van der Waals surface area contributed by atoms with Crippen LogP contribution < -0.4 is 6.15 Å². The molecule has 0 atom stereocenters. The number of esters is 1. The van der Waals surface area contributed by atoms with E-state index in [-0.39, 0.29) is 12.1 Å². The maximum Gasteiger partial charge on any atom is 0.302 e. The predicted octanol–water partition coefficient (Wildman–Crippen LogP) is 0.663. The highest BCUT2D eigenvalue weighted by atomic mass is 16.5. The fraction of sp³-hybridized carbons (Fsp3) is 0.857. The highest BCUT2D eigenvalue weighted by Gasteiger charge is 1.92. The third-order valence-electron chi connectivity index (χ3n) is 1.05. The van der Waals surface area contributed by atoms with Gasteiger partial charge in [0, 0.05) is 13.5 Å². The summed E-state index contributed by atoms with van der Waals surface area (Å²) in [6.07, 6.45) is 0.909. The zero-order valence-corrected chi connectivity index (χ0v) is 7.59. The minimum absolute atomic E-state index is 0. The highest BCUT2D eigenvalue weighted by Crippen LogP contribution is 1.85. The second-order valence-electron chi connectivity index (χ2n) is 2.50. The van der Waals surface area contributed by atoms with Crippen LogP contribution in [0.15, 0.2) is 0 Å². The molecule has 0 aliphatic heterocycles. The molecule has 4 nitrogen and oxygen atoms in total. The van der Waals surface area contributed by atoms with Gasteiger partial charge >= 0.3 is 5.97 Å². The zero-order valence-electron chi connectivity index (χ0n) is 7.59. The normalized spacial score (nSPS) is 9.09. The number of nitrogens with zero attached hydrogens (tertiary/aromatic N) is 1. The van der Waals surface area contributed by atoms with Gasteiger partial charge in [0.05, 0.1) is 6.61 Å². The average Bonchev–Trinajstić information content (AvgIpc) is 1.79. The Kier molecular flexibility index (Phi) is 8.87. The first kappa shape index (κ1) is 13.0. The Morgan fingerprint density at radius 2 is 2.00 bits per heavy atom. The van der Waals surface area contributed by atoms with Gasteiger partial charge in [-0.2, -0.15) is 0 Å². The van der Waals surface area contributed by atoms with Crippen LogP contribution in [-0.4, -0.2) is 38.1 Å². The van der Waals surface area contributed by atoms with Crippen LogP contribution in [0, 0.1) is 0 Å². The minimum Gasteiger partial charge on any atom is -0.466 e. The van der Waals surface area contributed by atoms with Crippen LogP contribution in [0.3, 0.4) is 0 Å². The average molecular weight is 162 g/mol. The first-order chi connectivity index (χ1) is 4.63. The predicted molar refractivity (Wildman–Crippen MR) is 44.8 cm³/mol. The van der Waals surface area contributed by atoms with Gasteiger partial charge < -0.3 is 15.8 Å². The van der Waals surface area contributed by atoms with Crippen LogP contribution in [-0.2, 0) is 9.53 Å². The second kappa shape index (κ2) is 7.50. The lowest BCUT2D eigenvalue weighted by molar-refractivity contribution is -0.141. The van der Waals surface area contributed by atoms with E-state index in [4.69, 9.17) is 4.74 Å². The molecule has 0 heterocycles. The van der Waals surface area contributed by atoms with E-state index in [1.807, 2.05) is 14.1 Å². The summed E-state index contributed by atoms with van der Waals surface area (Å²) in [4.78, 5) is 12.3. The lowest BCUT2D eigenvalue weighted by atomic mass is 10.4. The Morgan fingerprint density at radius 1 is 1.45 bits per heavy atom. The number of carbonyl (C=O) groups is 1. The molecular formula is C7H18N2O2. The Hall–Kier alpha value is -0.610. The minimum atomic E-state index is -0.196. The first-order valence-corrected chi connectivity index (χ1v) is 3.41. The van der Waals surface area contributed by atoms with E-state index in [1.165, 1.54) is 6.92 Å². The van der Waals surface area contributed by atoms with Gasteiger partial charge in [-0.25, -0.2) is 0 Å². The van der Waals surface area contributed by atoms with Crippen LogP contribution >= 0.6 is 0 Å². The van der Waals surface area contributed by atoms with Crippen molar-refractivity contribution in [3.63, 3.8) is 0 Å². The maximum atomic E-state index is 10.3. The Balaban J connectivity index is 0. The number of ether oxygens (including phenoxy) is 1. The van der Waals surface area contributed by atoms with Gasteiger partial charge in [0.15, 0.2) is 0 Å². The van der Waals surface area contributed by atoms with Gasteiger partial charge in [-0.1, -0.05) is 0 Å². The molecule has 0 aliphatic rings. The number of carbonyl (C=O) groups excluding carboxylic acids is 1. The highest BCUT2D eigenvalue weighted by molar-refractivity contribution is 5.65. The van der Waals surface area contributed by atoms with Crippen molar-refractivity contribution in [2.45, 2.75) is 13.3 Å². The molecular weight excluding hydrogens is 144 g/mol. The molecule has 3 N–H and O–H groups in total. The van der Waals surface area contributed by atoms with E-state index >= 15 is 0 Å². The molecule has 4 heteroatoms. The Morgan fingerprint density at radius 3 is 2.36 bits per heavy atom. The van der Waals surface area contributed by atoms with Crippen molar-refractivity contribution >= 4 is 5.97 Å². The van der Waals surface area contributed by atoms with Crippen LogP contribution in [0.1, 0.15) is 13.3 Å². The first-order valence-electron chi connectivity index (χ1n) is 3.41. The summed E-state index contributed by atoms with van der Waals surface area (Å²) < 4.78 is 4.73. The van der Waals surface area contributed by atoms with Crippen molar-refractivity contribution in [1.82, 2.24) is 11.1 Å². The maximum absolute atomic E-state index is 10.3. The SMILES string of the molecule is CC(=O)OCCCN(C)C.N. The lowest BCUT2D eigenvalue weighted by Gasteiger charge is -2.08. The summed E-state index contributed by atoms with van der Waals surface area (Å²) in [6.45, 7) is 2.93. The smallest absolute Gasteiger partial charge is 0.302 e. The molecule has 0 amide bonds. The van der Waals surface area contributed by atoms with E-state index in [9.17, 15) is 4.79 Å². The molecule has 0 unspecified atom stereocenters. The Labute approximate surface area is 68.1 Å². The summed E-state index contributed by atoms with van der Waals surface area (Å²) >= 11 is 0. The fourth-order valence-electron chi connectivity index (χ4n) is 0.597. The molecule has 0 aromatic rings. The molecule has 0 saturated carbocycles. The molecule has 0 saturated heterocycles. The van der Waals surface area contributed by atoms with Crippen LogP contribution in [0.2, 0.25) is 0 Å². The van der Waals surface area contributed by atoms with E-state index in [0.717, 1.165) is 13.0 Å². The number of hydrogen-bond donors (Lipinski definition) is 1. The summed E-state index contributed by atoms with van der Waals surface area (Å²) in [5.74, 6) is -0.196. The second-order valence-corrected chi connectivity index (χ2v) is 2.50. The molecule has 68 valence electrons. The van der Waals surface area contributed by atoms with Crippen LogP contribution in [0.4, 0.5) is 0 Å².